The molecule has 0 fully saturated rings. The van der Waals surface area contributed by atoms with Gasteiger partial charge in [0.2, 0.25) is 0 Å². The molecule has 0 aliphatic rings. The van der Waals surface area contributed by atoms with Crippen LogP contribution >= 0.6 is 0 Å². The van der Waals surface area contributed by atoms with Crippen LogP contribution in [-0.2, 0) is 13.1 Å². The van der Waals surface area contributed by atoms with E-state index in [0.29, 0.717) is 24.2 Å². The summed E-state index contributed by atoms with van der Waals surface area (Å²) >= 11 is 0. The number of aromatic nitrogens is 1. The fourth-order valence-corrected chi connectivity index (χ4v) is 1.59. The first-order valence-corrected chi connectivity index (χ1v) is 5.50. The number of hydrogen-bond acceptors (Lipinski definition) is 4. The van der Waals surface area contributed by atoms with Gasteiger partial charge in [-0.1, -0.05) is 11.2 Å². The summed E-state index contributed by atoms with van der Waals surface area (Å²) in [6, 6.07) is 8.16. The van der Waals surface area contributed by atoms with Gasteiger partial charge in [-0.2, -0.15) is 5.26 Å². The van der Waals surface area contributed by atoms with Crippen LogP contribution in [0.2, 0.25) is 0 Å². The van der Waals surface area contributed by atoms with E-state index in [-0.39, 0.29) is 5.82 Å². The van der Waals surface area contributed by atoms with Gasteiger partial charge in [0.25, 0.3) is 0 Å². The number of rotatable bonds is 4. The van der Waals surface area contributed by atoms with E-state index in [1.807, 2.05) is 19.1 Å². The van der Waals surface area contributed by atoms with Crippen LogP contribution in [-0.4, -0.2) is 5.16 Å². The van der Waals surface area contributed by atoms with Gasteiger partial charge in [0.05, 0.1) is 17.3 Å². The molecule has 0 bridgehead atoms. The van der Waals surface area contributed by atoms with E-state index < -0.39 is 0 Å². The van der Waals surface area contributed by atoms with Crippen molar-refractivity contribution < 1.29 is 8.91 Å². The molecule has 5 heteroatoms. The highest BCUT2D eigenvalue weighted by atomic mass is 19.1. The minimum absolute atomic E-state index is 0.323. The molecule has 1 N–H and O–H groups in total. The number of benzene rings is 1. The first-order chi connectivity index (χ1) is 8.69. The lowest BCUT2D eigenvalue weighted by atomic mass is 10.1. The van der Waals surface area contributed by atoms with Gasteiger partial charge < -0.3 is 9.84 Å². The minimum Gasteiger partial charge on any atom is -0.361 e. The Morgan fingerprint density at radius 3 is 2.83 bits per heavy atom. The fourth-order valence-electron chi connectivity index (χ4n) is 1.59. The van der Waals surface area contributed by atoms with Crippen molar-refractivity contribution in [2.45, 2.75) is 20.0 Å². The van der Waals surface area contributed by atoms with E-state index in [1.165, 1.54) is 6.07 Å². The Bertz CT molecular complexity index is 586. The molecule has 0 aliphatic carbocycles. The van der Waals surface area contributed by atoms with Crippen molar-refractivity contribution >= 4 is 0 Å². The number of nitriles is 1. The Hall–Kier alpha value is -2.19. The summed E-state index contributed by atoms with van der Waals surface area (Å²) in [6.07, 6.45) is 0. The second-order valence-electron chi connectivity index (χ2n) is 3.95. The van der Waals surface area contributed by atoms with Gasteiger partial charge in [0, 0.05) is 24.7 Å². The maximum atomic E-state index is 13.5. The van der Waals surface area contributed by atoms with Gasteiger partial charge in [0.1, 0.15) is 11.6 Å². The van der Waals surface area contributed by atoms with Crippen LogP contribution < -0.4 is 5.32 Å². The van der Waals surface area contributed by atoms with Crippen molar-refractivity contribution in [3.05, 3.63) is 52.7 Å². The molecule has 1 aromatic carbocycles. The van der Waals surface area contributed by atoms with Crippen molar-refractivity contribution in [1.82, 2.24) is 10.5 Å². The Morgan fingerprint density at radius 1 is 1.39 bits per heavy atom. The highest BCUT2D eigenvalue weighted by Crippen LogP contribution is 2.10. The second kappa shape index (κ2) is 5.43. The van der Waals surface area contributed by atoms with Gasteiger partial charge in [-0.05, 0) is 19.1 Å². The first-order valence-electron chi connectivity index (χ1n) is 5.50. The fraction of sp³-hybridized carbons (Fsp3) is 0.231. The van der Waals surface area contributed by atoms with E-state index in [0.717, 1.165) is 11.5 Å². The molecule has 0 saturated carbocycles. The summed E-state index contributed by atoms with van der Waals surface area (Å²) in [5.74, 6) is 0.370. The molecule has 0 aliphatic heterocycles. The van der Waals surface area contributed by atoms with E-state index in [1.54, 1.807) is 12.1 Å². The second-order valence-corrected chi connectivity index (χ2v) is 3.95. The van der Waals surface area contributed by atoms with Crippen LogP contribution in [0.3, 0.4) is 0 Å². The van der Waals surface area contributed by atoms with Crippen LogP contribution in [0.5, 0.6) is 0 Å². The van der Waals surface area contributed by atoms with Gasteiger partial charge >= 0.3 is 0 Å². The molecule has 0 unspecified atom stereocenters. The zero-order valence-corrected chi connectivity index (χ0v) is 9.90. The molecule has 1 heterocycles. The summed E-state index contributed by atoms with van der Waals surface area (Å²) in [4.78, 5) is 0. The highest BCUT2D eigenvalue weighted by Gasteiger charge is 2.04. The van der Waals surface area contributed by atoms with E-state index >= 15 is 0 Å². The molecular formula is C13H12FN3O. The molecule has 0 amide bonds. The largest absolute Gasteiger partial charge is 0.361 e. The van der Waals surface area contributed by atoms with Crippen molar-refractivity contribution in [1.29, 1.82) is 5.26 Å². The first kappa shape index (κ1) is 12.3. The molecule has 0 radical (unpaired) electrons. The predicted molar refractivity (Wildman–Crippen MR) is 62.9 cm³/mol. The van der Waals surface area contributed by atoms with Crippen LogP contribution in [0, 0.1) is 24.1 Å². The lowest BCUT2D eigenvalue weighted by Gasteiger charge is -2.04. The third kappa shape index (κ3) is 2.93. The maximum Gasteiger partial charge on any atom is 0.133 e. The molecule has 1 aromatic heterocycles. The summed E-state index contributed by atoms with van der Waals surface area (Å²) in [5, 5.41) is 15.5. The van der Waals surface area contributed by atoms with Crippen LogP contribution in [0.25, 0.3) is 0 Å². The zero-order chi connectivity index (χ0) is 13.0. The number of nitrogens with zero attached hydrogens (tertiary/aromatic N) is 2. The standard InChI is InChI=1S/C13H12FN3O/c1-9-4-12(17-18-9)8-16-7-11-3-2-10(6-15)5-13(11)14/h2-5,16H,7-8H2,1H3. The number of halogens is 1. The van der Waals surface area contributed by atoms with Crippen molar-refractivity contribution in [3.63, 3.8) is 0 Å². The summed E-state index contributed by atoms with van der Waals surface area (Å²) in [6.45, 7) is 2.71. The van der Waals surface area contributed by atoms with Gasteiger partial charge in [-0.3, -0.25) is 0 Å². The predicted octanol–water partition coefficient (Wildman–Crippen LogP) is 2.28. The molecule has 18 heavy (non-hydrogen) atoms. The van der Waals surface area contributed by atoms with Crippen LogP contribution in [0.1, 0.15) is 22.6 Å². The molecule has 4 nitrogen and oxygen atoms in total. The van der Waals surface area contributed by atoms with Crippen molar-refractivity contribution in [2.24, 2.45) is 0 Å². The van der Waals surface area contributed by atoms with Gasteiger partial charge in [-0.25, -0.2) is 4.39 Å². The Morgan fingerprint density at radius 2 is 2.22 bits per heavy atom. The minimum atomic E-state index is -0.377. The quantitative estimate of drug-likeness (QED) is 0.897. The van der Waals surface area contributed by atoms with Gasteiger partial charge in [-0.15, -0.1) is 0 Å². The lowest BCUT2D eigenvalue weighted by molar-refractivity contribution is 0.388. The van der Waals surface area contributed by atoms with Crippen molar-refractivity contribution in [2.75, 3.05) is 0 Å². The summed E-state index contributed by atoms with van der Waals surface area (Å²) in [7, 11) is 0. The molecule has 2 aromatic rings. The summed E-state index contributed by atoms with van der Waals surface area (Å²) in [5.41, 5.74) is 1.62. The molecule has 92 valence electrons. The van der Waals surface area contributed by atoms with Gasteiger partial charge in [0.15, 0.2) is 0 Å². The Kier molecular flexibility index (Phi) is 3.70. The third-order valence-electron chi connectivity index (χ3n) is 2.48. The molecule has 0 saturated heterocycles. The smallest absolute Gasteiger partial charge is 0.133 e. The zero-order valence-electron chi connectivity index (χ0n) is 9.90. The number of aryl methyl sites for hydroxylation is 1. The molecule has 0 spiro atoms. The molecule has 2 rings (SSSR count). The third-order valence-corrected chi connectivity index (χ3v) is 2.48. The normalized spacial score (nSPS) is 10.3. The van der Waals surface area contributed by atoms with E-state index in [2.05, 4.69) is 10.5 Å². The topological polar surface area (TPSA) is 61.9 Å². The highest BCUT2D eigenvalue weighted by molar-refractivity contribution is 5.32. The summed E-state index contributed by atoms with van der Waals surface area (Å²) < 4.78 is 18.5. The average Bonchev–Trinajstić information content (AvgIpc) is 2.77. The Labute approximate surface area is 104 Å². The van der Waals surface area contributed by atoms with Crippen LogP contribution in [0.4, 0.5) is 4.39 Å². The SMILES string of the molecule is Cc1cc(CNCc2ccc(C#N)cc2F)no1. The monoisotopic (exact) mass is 245 g/mol. The van der Waals surface area contributed by atoms with E-state index in [4.69, 9.17) is 9.78 Å². The Balaban J connectivity index is 1.92. The maximum absolute atomic E-state index is 13.5. The van der Waals surface area contributed by atoms with Crippen LogP contribution in [0.15, 0.2) is 28.8 Å². The lowest BCUT2D eigenvalue weighted by Crippen LogP contribution is -2.14. The average molecular weight is 245 g/mol. The van der Waals surface area contributed by atoms with E-state index in [9.17, 15) is 4.39 Å². The number of nitrogens with one attached hydrogen (secondary N) is 1. The number of hydrogen-bond donors (Lipinski definition) is 1. The van der Waals surface area contributed by atoms with Crippen molar-refractivity contribution in [3.8, 4) is 6.07 Å². The molecular weight excluding hydrogens is 233 g/mol. The molecule has 0 atom stereocenters.